The molecule has 0 saturated heterocycles. The number of aliphatic hydroxyl groups is 1. The number of aryl methyl sites for hydroxylation is 1. The molecule has 3 amide bonds. The monoisotopic (exact) mass is 264 g/mol. The number of benzene rings is 1. The van der Waals surface area contributed by atoms with Gasteiger partial charge in [-0.05, 0) is 43.0 Å². The molecule has 0 aromatic heterocycles. The molecule has 2 rings (SSSR count). The first-order valence-corrected chi connectivity index (χ1v) is 6.05. The van der Waals surface area contributed by atoms with Gasteiger partial charge in [-0.1, -0.05) is 6.07 Å². The zero-order chi connectivity index (χ0) is 14.0. The Balaban J connectivity index is 2.04. The van der Waals surface area contributed by atoms with Crippen molar-refractivity contribution in [3.05, 3.63) is 29.3 Å². The predicted octanol–water partition coefficient (Wildman–Crippen LogP) is 0.628. The number of ether oxygens (including phenoxy) is 1. The molecule has 0 bridgehead atoms. The highest BCUT2D eigenvalue weighted by atomic mass is 16.5. The number of urea groups is 1. The van der Waals surface area contributed by atoms with Crippen LogP contribution in [0.15, 0.2) is 18.2 Å². The fourth-order valence-corrected chi connectivity index (χ4v) is 2.13. The Hall–Kier alpha value is -2.08. The highest BCUT2D eigenvalue weighted by molar-refractivity contribution is 5.95. The number of hydrogen-bond acceptors (Lipinski definition) is 4. The lowest BCUT2D eigenvalue weighted by atomic mass is 10.1. The summed E-state index contributed by atoms with van der Waals surface area (Å²) in [5, 5.41) is 11.6. The van der Waals surface area contributed by atoms with Gasteiger partial charge in [0.15, 0.2) is 6.10 Å². The third kappa shape index (κ3) is 3.03. The van der Waals surface area contributed by atoms with Crippen molar-refractivity contribution in [1.29, 1.82) is 0 Å². The van der Waals surface area contributed by atoms with E-state index in [1.54, 1.807) is 18.2 Å². The number of nitrogens with two attached hydrogens (primary N) is 1. The average molecular weight is 264 g/mol. The van der Waals surface area contributed by atoms with Crippen molar-refractivity contribution < 1.29 is 19.4 Å². The lowest BCUT2D eigenvalue weighted by Gasteiger charge is -2.14. The maximum Gasteiger partial charge on any atom is 0.318 e. The summed E-state index contributed by atoms with van der Waals surface area (Å²) in [6.07, 6.45) is 0.253. The first-order chi connectivity index (χ1) is 8.97. The molecule has 0 aliphatic heterocycles. The van der Waals surface area contributed by atoms with E-state index in [1.165, 1.54) is 6.92 Å². The second-order valence-electron chi connectivity index (χ2n) is 4.53. The summed E-state index contributed by atoms with van der Waals surface area (Å²) >= 11 is 0. The van der Waals surface area contributed by atoms with Gasteiger partial charge in [0, 0.05) is 0 Å². The van der Waals surface area contributed by atoms with E-state index in [4.69, 9.17) is 10.5 Å². The summed E-state index contributed by atoms with van der Waals surface area (Å²) in [5.41, 5.74) is 6.78. The van der Waals surface area contributed by atoms with E-state index >= 15 is 0 Å². The van der Waals surface area contributed by atoms with E-state index in [0.717, 1.165) is 17.5 Å². The van der Waals surface area contributed by atoms with Gasteiger partial charge in [-0.15, -0.1) is 0 Å². The zero-order valence-electron chi connectivity index (χ0n) is 10.6. The van der Waals surface area contributed by atoms with Crippen molar-refractivity contribution in [3.63, 3.8) is 0 Å². The highest BCUT2D eigenvalue weighted by Crippen LogP contribution is 2.33. The molecule has 0 radical (unpaired) electrons. The first-order valence-electron chi connectivity index (χ1n) is 6.05. The Morgan fingerprint density at radius 1 is 1.53 bits per heavy atom. The minimum atomic E-state index is -0.905. The number of nitrogens with one attached hydrogen (secondary N) is 1. The molecule has 1 aromatic rings. The SMILES string of the molecule is CC(Oc1ccc2c(c1)CCC2O)C(=O)NC(N)=O. The molecule has 1 aliphatic rings. The van der Waals surface area contributed by atoms with E-state index in [2.05, 4.69) is 0 Å². The van der Waals surface area contributed by atoms with E-state index in [1.807, 2.05) is 5.32 Å². The third-order valence-corrected chi connectivity index (χ3v) is 3.09. The minimum Gasteiger partial charge on any atom is -0.481 e. The van der Waals surface area contributed by atoms with Crippen LogP contribution in [0, 0.1) is 0 Å². The van der Waals surface area contributed by atoms with Gasteiger partial charge in [-0.2, -0.15) is 0 Å². The normalized spacial score (nSPS) is 18.5. The molecule has 0 fully saturated rings. The smallest absolute Gasteiger partial charge is 0.318 e. The van der Waals surface area contributed by atoms with Gasteiger partial charge in [0.1, 0.15) is 5.75 Å². The maximum atomic E-state index is 11.5. The fraction of sp³-hybridized carbons (Fsp3) is 0.385. The standard InChI is InChI=1S/C13H16N2O4/c1-7(12(17)15-13(14)18)19-9-3-4-10-8(6-9)2-5-11(10)16/h3-4,6-7,11,16H,2,5H2,1H3,(H3,14,15,17,18). The number of primary amides is 1. The lowest BCUT2D eigenvalue weighted by Crippen LogP contribution is -2.42. The van der Waals surface area contributed by atoms with Crippen LogP contribution < -0.4 is 15.8 Å². The second kappa shape index (κ2) is 5.27. The molecule has 1 aromatic carbocycles. The Labute approximate surface area is 110 Å². The summed E-state index contributed by atoms with van der Waals surface area (Å²) in [6, 6.07) is 4.39. The van der Waals surface area contributed by atoms with Crippen LogP contribution in [0.2, 0.25) is 0 Å². The molecular weight excluding hydrogens is 248 g/mol. The lowest BCUT2D eigenvalue weighted by molar-refractivity contribution is -0.126. The molecule has 2 atom stereocenters. The van der Waals surface area contributed by atoms with Crippen molar-refractivity contribution in [1.82, 2.24) is 5.32 Å². The van der Waals surface area contributed by atoms with E-state index in [0.29, 0.717) is 12.2 Å². The molecule has 2 unspecified atom stereocenters. The molecule has 4 N–H and O–H groups in total. The molecule has 0 heterocycles. The summed E-state index contributed by atoms with van der Waals surface area (Å²) in [7, 11) is 0. The third-order valence-electron chi connectivity index (χ3n) is 3.09. The Morgan fingerprint density at radius 3 is 2.95 bits per heavy atom. The number of carbonyl (C=O) groups is 2. The van der Waals surface area contributed by atoms with E-state index < -0.39 is 24.1 Å². The van der Waals surface area contributed by atoms with Crippen LogP contribution in [0.3, 0.4) is 0 Å². The van der Waals surface area contributed by atoms with Gasteiger partial charge in [-0.25, -0.2) is 4.79 Å². The Kier molecular flexibility index (Phi) is 3.71. The molecule has 6 nitrogen and oxygen atoms in total. The Bertz CT molecular complexity index is 515. The van der Waals surface area contributed by atoms with Crippen LogP contribution in [0.1, 0.15) is 30.6 Å². The summed E-state index contributed by atoms with van der Waals surface area (Å²) in [6.45, 7) is 1.53. The van der Waals surface area contributed by atoms with Gasteiger partial charge in [0.05, 0.1) is 6.10 Å². The van der Waals surface area contributed by atoms with Crippen LogP contribution in [0.4, 0.5) is 4.79 Å². The maximum absolute atomic E-state index is 11.5. The van der Waals surface area contributed by atoms with Crippen molar-refractivity contribution in [2.75, 3.05) is 0 Å². The van der Waals surface area contributed by atoms with Crippen LogP contribution >= 0.6 is 0 Å². The van der Waals surface area contributed by atoms with Gasteiger partial charge in [-0.3, -0.25) is 10.1 Å². The van der Waals surface area contributed by atoms with Crippen LogP contribution in [-0.2, 0) is 11.2 Å². The van der Waals surface area contributed by atoms with Crippen molar-refractivity contribution in [2.24, 2.45) is 5.73 Å². The molecular formula is C13H16N2O4. The summed E-state index contributed by atoms with van der Waals surface area (Å²) < 4.78 is 5.44. The number of hydrogen-bond donors (Lipinski definition) is 3. The second-order valence-corrected chi connectivity index (χ2v) is 4.53. The zero-order valence-corrected chi connectivity index (χ0v) is 10.6. The van der Waals surface area contributed by atoms with Crippen LogP contribution in [0.5, 0.6) is 5.75 Å². The van der Waals surface area contributed by atoms with E-state index in [9.17, 15) is 14.7 Å². The number of carbonyl (C=O) groups excluding carboxylic acids is 2. The molecule has 19 heavy (non-hydrogen) atoms. The van der Waals surface area contributed by atoms with Crippen LogP contribution in [0.25, 0.3) is 0 Å². The molecule has 1 aliphatic carbocycles. The number of rotatable bonds is 3. The van der Waals surface area contributed by atoms with Crippen molar-refractivity contribution >= 4 is 11.9 Å². The quantitative estimate of drug-likeness (QED) is 0.745. The van der Waals surface area contributed by atoms with Gasteiger partial charge in [0.25, 0.3) is 5.91 Å². The molecule has 102 valence electrons. The number of aliphatic hydroxyl groups excluding tert-OH is 1. The first kappa shape index (κ1) is 13.4. The Morgan fingerprint density at radius 2 is 2.26 bits per heavy atom. The van der Waals surface area contributed by atoms with Crippen molar-refractivity contribution in [2.45, 2.75) is 32.0 Å². The number of amides is 3. The average Bonchev–Trinajstić information content (AvgIpc) is 2.70. The van der Waals surface area contributed by atoms with E-state index in [-0.39, 0.29) is 0 Å². The predicted molar refractivity (Wildman–Crippen MR) is 67.5 cm³/mol. The van der Waals surface area contributed by atoms with Gasteiger partial charge < -0.3 is 15.6 Å². The molecule has 0 spiro atoms. The minimum absolute atomic E-state index is 0.417. The fourth-order valence-electron chi connectivity index (χ4n) is 2.13. The van der Waals surface area contributed by atoms with Crippen LogP contribution in [-0.4, -0.2) is 23.1 Å². The van der Waals surface area contributed by atoms with Crippen molar-refractivity contribution in [3.8, 4) is 5.75 Å². The number of imide groups is 1. The highest BCUT2D eigenvalue weighted by Gasteiger charge is 2.22. The largest absolute Gasteiger partial charge is 0.481 e. The van der Waals surface area contributed by atoms with Gasteiger partial charge in [0.2, 0.25) is 0 Å². The van der Waals surface area contributed by atoms with Gasteiger partial charge >= 0.3 is 6.03 Å². The molecule has 6 heteroatoms. The number of fused-ring (bicyclic) bond motifs is 1. The molecule has 0 saturated carbocycles. The summed E-state index contributed by atoms with van der Waals surface area (Å²) in [4.78, 5) is 22.0. The topological polar surface area (TPSA) is 102 Å². The summed E-state index contributed by atoms with van der Waals surface area (Å²) in [5.74, 6) is -0.0620.